The van der Waals surface area contributed by atoms with Gasteiger partial charge in [0.15, 0.2) is 0 Å². The zero-order valence-corrected chi connectivity index (χ0v) is 21.6. The third-order valence-corrected chi connectivity index (χ3v) is 7.48. The van der Waals surface area contributed by atoms with Crippen molar-refractivity contribution in [1.82, 2.24) is 15.6 Å². The number of benzene rings is 2. The molecule has 1 aromatic heterocycles. The summed E-state index contributed by atoms with van der Waals surface area (Å²) in [5, 5.41) is 15.5. The molecule has 0 bridgehead atoms. The Labute approximate surface area is 224 Å². The fourth-order valence-electron chi connectivity index (χ4n) is 4.51. The summed E-state index contributed by atoms with van der Waals surface area (Å²) in [7, 11) is 0. The Kier molecular flexibility index (Phi) is 8.96. The Hall–Kier alpha value is -2.97. The van der Waals surface area contributed by atoms with Crippen LogP contribution in [-0.4, -0.2) is 69.5 Å². The van der Waals surface area contributed by atoms with Crippen LogP contribution in [0.15, 0.2) is 30.3 Å². The molecule has 0 radical (unpaired) electrons. The van der Waals surface area contributed by atoms with E-state index in [-0.39, 0.29) is 5.52 Å². The van der Waals surface area contributed by atoms with Gasteiger partial charge >= 0.3 is 12.4 Å². The third kappa shape index (κ3) is 7.37. The highest BCUT2D eigenvalue weighted by Gasteiger charge is 2.36. The molecule has 2 aliphatic rings. The van der Waals surface area contributed by atoms with E-state index in [1.807, 2.05) is 23.1 Å². The van der Waals surface area contributed by atoms with Crippen LogP contribution in [0.5, 0.6) is 0 Å². The summed E-state index contributed by atoms with van der Waals surface area (Å²) in [5.74, 6) is -3.01. The Morgan fingerprint density at radius 2 is 1.38 bits per heavy atom. The zero-order chi connectivity index (χ0) is 28.2. The lowest BCUT2D eigenvalue weighted by molar-refractivity contribution is -0.344. The molecule has 14 heteroatoms. The SMILES string of the molecule is FC(F)(F)c1cc(N2CCCNCC2)cc2[s+]c3cc(N4CCCNCC4)ccc3nc12.O=C([O-])C(F)(F)F. The topological polar surface area (TPSA) is 83.6 Å². The smallest absolute Gasteiger partial charge is 0.430 e. The summed E-state index contributed by atoms with van der Waals surface area (Å²) in [6, 6.07) is 9.07. The number of fused-ring (bicyclic) bond motifs is 2. The number of nitrogens with one attached hydrogen (secondary N) is 2. The van der Waals surface area contributed by atoms with Crippen molar-refractivity contribution in [2.24, 2.45) is 0 Å². The van der Waals surface area contributed by atoms with Gasteiger partial charge in [0.1, 0.15) is 17.0 Å². The Balaban J connectivity index is 0.000000448. The van der Waals surface area contributed by atoms with E-state index in [0.717, 1.165) is 69.0 Å². The Bertz CT molecular complexity index is 1300. The molecule has 2 aliphatic heterocycles. The van der Waals surface area contributed by atoms with Crippen molar-refractivity contribution < 1.29 is 36.2 Å². The number of aliphatic carboxylic acids is 1. The van der Waals surface area contributed by atoms with E-state index >= 15 is 0 Å². The van der Waals surface area contributed by atoms with Gasteiger partial charge in [-0.15, -0.1) is 0 Å². The van der Waals surface area contributed by atoms with Crippen LogP contribution in [0, 0.1) is 0 Å². The van der Waals surface area contributed by atoms with E-state index in [9.17, 15) is 26.3 Å². The number of carbonyl (C=O) groups is 1. The van der Waals surface area contributed by atoms with Crippen LogP contribution in [0.3, 0.4) is 0 Å². The molecule has 5 rings (SSSR count). The van der Waals surface area contributed by atoms with Gasteiger partial charge in [-0.25, -0.2) is 4.98 Å². The van der Waals surface area contributed by atoms with Crippen LogP contribution in [0.25, 0.3) is 20.4 Å². The average Bonchev–Trinajstić information content (AvgIpc) is 3.31. The van der Waals surface area contributed by atoms with Gasteiger partial charge in [-0.3, -0.25) is 0 Å². The molecule has 0 unspecified atom stereocenters. The predicted molar refractivity (Wildman–Crippen MR) is 137 cm³/mol. The van der Waals surface area contributed by atoms with E-state index in [2.05, 4.69) is 26.6 Å². The monoisotopic (exact) mass is 575 g/mol. The number of alkyl halides is 6. The molecule has 3 heterocycles. The number of rotatable bonds is 2. The van der Waals surface area contributed by atoms with Gasteiger partial charge in [-0.05, 0) is 44.1 Å². The molecule has 39 heavy (non-hydrogen) atoms. The van der Waals surface area contributed by atoms with Crippen molar-refractivity contribution in [1.29, 1.82) is 0 Å². The standard InChI is InChI=1S/C23H27F3N5S.C2HF3O2/c24-23(25,26)18-13-17(31-10-2-6-28-8-12-31)15-21-22(18)29-19-4-3-16(14-20(19)32-21)30-9-1-5-27-7-11-30;3-2(4,5)1(6)7/h3-4,13-15,27-28H,1-2,5-12H2;(H,6,7)/q+1;/p-1. The van der Waals surface area contributed by atoms with Gasteiger partial charge in [0.25, 0.3) is 9.40 Å². The molecular formula is C25H27F6N5O2S. The number of carbonyl (C=O) groups excluding carboxylic acids is 1. The molecule has 0 atom stereocenters. The summed E-state index contributed by atoms with van der Waals surface area (Å²) in [4.78, 5) is 17.6. The minimum Gasteiger partial charge on any atom is -0.542 e. The second kappa shape index (κ2) is 12.0. The molecule has 3 aromatic rings. The van der Waals surface area contributed by atoms with Gasteiger partial charge in [0.05, 0.1) is 5.56 Å². The van der Waals surface area contributed by atoms with E-state index in [0.29, 0.717) is 22.4 Å². The number of carboxylic acid groups (broad SMARTS) is 1. The quantitative estimate of drug-likeness (QED) is 0.274. The van der Waals surface area contributed by atoms with E-state index in [1.54, 1.807) is 0 Å². The second-order valence-corrected chi connectivity index (χ2v) is 10.3. The Morgan fingerprint density at radius 1 is 0.821 bits per heavy atom. The van der Waals surface area contributed by atoms with Gasteiger partial charge in [-0.1, -0.05) is 0 Å². The summed E-state index contributed by atoms with van der Waals surface area (Å²) < 4.78 is 75.1. The fourth-order valence-corrected chi connectivity index (χ4v) is 5.57. The average molecular weight is 576 g/mol. The number of hydrogen-bond donors (Lipinski definition) is 2. The lowest BCUT2D eigenvalue weighted by Crippen LogP contribution is -2.37. The summed E-state index contributed by atoms with van der Waals surface area (Å²) in [6.45, 7) is 6.93. The first-order valence-electron chi connectivity index (χ1n) is 12.4. The highest BCUT2D eigenvalue weighted by molar-refractivity contribution is 7.24. The molecule has 0 spiro atoms. The van der Waals surface area contributed by atoms with Crippen LogP contribution in [0.4, 0.5) is 37.7 Å². The fraction of sp³-hybridized carbons (Fsp3) is 0.480. The first-order valence-corrected chi connectivity index (χ1v) is 13.2. The minimum absolute atomic E-state index is 0.0402. The molecule has 0 amide bonds. The van der Waals surface area contributed by atoms with Crippen LogP contribution < -0.4 is 25.5 Å². The first-order chi connectivity index (χ1) is 18.4. The van der Waals surface area contributed by atoms with Gasteiger partial charge in [0.2, 0.25) is 11.3 Å². The second-order valence-electron chi connectivity index (χ2n) is 9.17. The molecule has 2 fully saturated rings. The van der Waals surface area contributed by atoms with Gasteiger partial charge < -0.3 is 30.3 Å². The number of aromatic nitrogens is 1. The van der Waals surface area contributed by atoms with Crippen molar-refractivity contribution in [2.45, 2.75) is 25.2 Å². The van der Waals surface area contributed by atoms with Crippen LogP contribution in [0.1, 0.15) is 18.4 Å². The van der Waals surface area contributed by atoms with Crippen LogP contribution in [0.2, 0.25) is 0 Å². The molecule has 2 N–H and O–H groups in total. The minimum atomic E-state index is -5.19. The molecule has 212 valence electrons. The van der Waals surface area contributed by atoms with Gasteiger partial charge in [0, 0.05) is 62.8 Å². The zero-order valence-electron chi connectivity index (χ0n) is 20.8. The van der Waals surface area contributed by atoms with Crippen molar-refractivity contribution in [3.63, 3.8) is 0 Å². The third-order valence-electron chi connectivity index (χ3n) is 6.40. The highest BCUT2D eigenvalue weighted by Crippen LogP contribution is 2.40. The highest BCUT2D eigenvalue weighted by atomic mass is 32.1. The molecular weight excluding hydrogens is 548 g/mol. The molecule has 0 saturated carbocycles. The largest absolute Gasteiger partial charge is 0.542 e. The maximum atomic E-state index is 14.0. The summed E-state index contributed by atoms with van der Waals surface area (Å²) >= 11 is 1.40. The van der Waals surface area contributed by atoms with Crippen LogP contribution in [-0.2, 0) is 11.0 Å². The number of carboxylic acids is 1. The van der Waals surface area contributed by atoms with Crippen molar-refractivity contribution in [3.05, 3.63) is 35.9 Å². The number of halogens is 6. The predicted octanol–water partition coefficient (Wildman–Crippen LogP) is 3.65. The van der Waals surface area contributed by atoms with Crippen molar-refractivity contribution in [3.8, 4) is 0 Å². The van der Waals surface area contributed by atoms with E-state index in [4.69, 9.17) is 9.90 Å². The lowest BCUT2D eigenvalue weighted by Gasteiger charge is -2.23. The van der Waals surface area contributed by atoms with E-state index in [1.165, 1.54) is 17.4 Å². The summed E-state index contributed by atoms with van der Waals surface area (Å²) in [6.07, 6.45) is -7.67. The van der Waals surface area contributed by atoms with E-state index < -0.39 is 23.9 Å². The normalized spacial score (nSPS) is 17.4. The molecule has 7 nitrogen and oxygen atoms in total. The number of hydrogen-bond acceptors (Lipinski definition) is 7. The first kappa shape index (κ1) is 29.0. The maximum absolute atomic E-state index is 14.0. The number of anilines is 2. The lowest BCUT2D eigenvalue weighted by atomic mass is 10.1. The van der Waals surface area contributed by atoms with Crippen molar-refractivity contribution >= 4 is 49.1 Å². The molecule has 0 aliphatic carbocycles. The maximum Gasteiger partial charge on any atom is 0.430 e. The molecule has 2 saturated heterocycles. The Morgan fingerprint density at radius 3 is 1.95 bits per heavy atom. The summed E-state index contributed by atoms with van der Waals surface area (Å²) in [5.41, 5.74) is 1.72. The molecule has 2 aromatic carbocycles. The van der Waals surface area contributed by atoms with Crippen molar-refractivity contribution in [2.75, 3.05) is 62.2 Å². The van der Waals surface area contributed by atoms with Crippen LogP contribution >= 0.6 is 11.3 Å². The number of nitrogens with zero attached hydrogens (tertiary/aromatic N) is 3. The van der Waals surface area contributed by atoms with Gasteiger partial charge in [-0.2, -0.15) is 26.3 Å².